The summed E-state index contributed by atoms with van der Waals surface area (Å²) in [5.41, 5.74) is 1.01. The third-order valence-electron chi connectivity index (χ3n) is 3.91. The number of carboxylic acid groups (broad SMARTS) is 1. The van der Waals surface area contributed by atoms with Gasteiger partial charge in [-0.3, -0.25) is 0 Å². The van der Waals surface area contributed by atoms with E-state index in [4.69, 9.17) is 5.11 Å². The van der Waals surface area contributed by atoms with Gasteiger partial charge in [-0.2, -0.15) is 0 Å². The number of rotatable bonds is 3. The Kier molecular flexibility index (Phi) is 2.89. The molecule has 1 heterocycles. The van der Waals surface area contributed by atoms with Crippen molar-refractivity contribution in [3.63, 3.8) is 0 Å². The minimum absolute atomic E-state index is 0.136. The molecule has 1 aliphatic carbocycles. The van der Waals surface area contributed by atoms with E-state index in [-0.39, 0.29) is 12.1 Å². The van der Waals surface area contributed by atoms with E-state index in [1.807, 2.05) is 30.3 Å². The van der Waals surface area contributed by atoms with Crippen molar-refractivity contribution in [2.45, 2.75) is 31.5 Å². The van der Waals surface area contributed by atoms with Gasteiger partial charge in [-0.25, -0.2) is 9.59 Å². The Morgan fingerprint density at radius 1 is 1.26 bits per heavy atom. The summed E-state index contributed by atoms with van der Waals surface area (Å²) in [5, 5.41) is 11.9. The zero-order valence-corrected chi connectivity index (χ0v) is 10.5. The van der Waals surface area contributed by atoms with E-state index in [0.29, 0.717) is 18.9 Å². The molecular formula is C14H16N2O3. The first-order chi connectivity index (χ1) is 9.16. The normalized spacial score (nSPS) is 27.8. The van der Waals surface area contributed by atoms with Crippen LogP contribution in [0.5, 0.6) is 0 Å². The van der Waals surface area contributed by atoms with Crippen molar-refractivity contribution in [3.8, 4) is 0 Å². The Hall–Kier alpha value is -2.04. The number of hydrogen-bond donors (Lipinski definition) is 2. The van der Waals surface area contributed by atoms with Gasteiger partial charge in [0.05, 0.1) is 0 Å². The number of likely N-dealkylation sites (tertiary alicyclic amines) is 1. The van der Waals surface area contributed by atoms with Crippen LogP contribution < -0.4 is 5.32 Å². The molecule has 100 valence electrons. The van der Waals surface area contributed by atoms with E-state index in [0.717, 1.165) is 12.0 Å². The van der Waals surface area contributed by atoms with Crippen LogP contribution in [0.15, 0.2) is 30.3 Å². The van der Waals surface area contributed by atoms with E-state index in [1.54, 1.807) is 0 Å². The largest absolute Gasteiger partial charge is 0.480 e. The first-order valence-corrected chi connectivity index (χ1v) is 6.49. The van der Waals surface area contributed by atoms with Gasteiger partial charge in [0.2, 0.25) is 0 Å². The maximum atomic E-state index is 12.1. The lowest BCUT2D eigenvalue weighted by atomic mass is 10.2. The number of urea groups is 1. The van der Waals surface area contributed by atoms with Gasteiger partial charge in [0.1, 0.15) is 6.04 Å². The number of fused-ring (bicyclic) bond motifs is 1. The molecule has 19 heavy (non-hydrogen) atoms. The molecule has 2 unspecified atom stereocenters. The highest BCUT2D eigenvalue weighted by Crippen LogP contribution is 2.47. The number of nitrogens with zero attached hydrogens (tertiary/aromatic N) is 1. The quantitative estimate of drug-likeness (QED) is 0.864. The monoisotopic (exact) mass is 260 g/mol. The molecule has 2 amide bonds. The van der Waals surface area contributed by atoms with Gasteiger partial charge in [0.25, 0.3) is 0 Å². The van der Waals surface area contributed by atoms with Crippen LogP contribution in [0.2, 0.25) is 0 Å². The second-order valence-electron chi connectivity index (χ2n) is 5.20. The summed E-state index contributed by atoms with van der Waals surface area (Å²) in [4.78, 5) is 24.8. The molecule has 1 saturated heterocycles. The third kappa shape index (κ3) is 2.28. The molecule has 2 aliphatic rings. The molecule has 0 spiro atoms. The van der Waals surface area contributed by atoms with Crippen molar-refractivity contribution >= 4 is 12.0 Å². The number of aliphatic carboxylic acids is 1. The number of piperidine rings is 1. The van der Waals surface area contributed by atoms with Crippen molar-refractivity contribution in [3.05, 3.63) is 35.9 Å². The first-order valence-electron chi connectivity index (χ1n) is 6.49. The molecule has 2 fully saturated rings. The van der Waals surface area contributed by atoms with Crippen LogP contribution in [0, 0.1) is 5.92 Å². The van der Waals surface area contributed by atoms with Crippen LogP contribution in [0.3, 0.4) is 0 Å². The zero-order chi connectivity index (χ0) is 13.4. The van der Waals surface area contributed by atoms with Gasteiger partial charge in [-0.15, -0.1) is 0 Å². The van der Waals surface area contributed by atoms with Gasteiger partial charge in [0, 0.05) is 12.6 Å². The Labute approximate surface area is 111 Å². The van der Waals surface area contributed by atoms with E-state index in [1.165, 1.54) is 4.90 Å². The lowest BCUT2D eigenvalue weighted by Gasteiger charge is -2.24. The minimum atomic E-state index is -0.901. The van der Waals surface area contributed by atoms with Gasteiger partial charge in [-0.05, 0) is 24.3 Å². The fourth-order valence-corrected chi connectivity index (χ4v) is 2.83. The number of benzene rings is 1. The minimum Gasteiger partial charge on any atom is -0.480 e. The molecule has 0 bridgehead atoms. The number of nitrogens with one attached hydrogen (secondary N) is 1. The number of amides is 2. The standard InChI is InChI=1S/C14H16N2O3/c17-13(18)12-7-10-6-11(10)16(12)14(19)15-8-9-4-2-1-3-5-9/h1-5,10-12H,6-8H2,(H,15,19)(H,17,18)/t10?,11?,12-/m0/s1. The summed E-state index contributed by atoms with van der Waals surface area (Å²) >= 11 is 0. The Bertz CT molecular complexity index is 503. The Morgan fingerprint density at radius 2 is 2.00 bits per heavy atom. The van der Waals surface area contributed by atoms with Gasteiger partial charge in [-0.1, -0.05) is 30.3 Å². The maximum Gasteiger partial charge on any atom is 0.326 e. The lowest BCUT2D eigenvalue weighted by molar-refractivity contribution is -0.141. The van der Waals surface area contributed by atoms with Crippen LogP contribution in [0.1, 0.15) is 18.4 Å². The molecule has 3 rings (SSSR count). The number of carbonyl (C=O) groups excluding carboxylic acids is 1. The van der Waals surface area contributed by atoms with E-state index >= 15 is 0 Å². The Balaban J connectivity index is 1.62. The van der Waals surface area contributed by atoms with Crippen molar-refractivity contribution in [1.82, 2.24) is 10.2 Å². The highest BCUT2D eigenvalue weighted by molar-refractivity contribution is 5.84. The number of carboxylic acids is 1. The average Bonchev–Trinajstić information content (AvgIpc) is 3.07. The van der Waals surface area contributed by atoms with E-state index < -0.39 is 12.0 Å². The highest BCUT2D eigenvalue weighted by Gasteiger charge is 2.56. The van der Waals surface area contributed by atoms with Crippen molar-refractivity contribution < 1.29 is 14.7 Å². The summed E-state index contributed by atoms with van der Waals surface area (Å²) in [6.45, 7) is 0.430. The second-order valence-corrected chi connectivity index (χ2v) is 5.20. The molecule has 1 aliphatic heterocycles. The summed E-state index contributed by atoms with van der Waals surface area (Å²) < 4.78 is 0. The zero-order valence-electron chi connectivity index (χ0n) is 10.5. The van der Waals surface area contributed by atoms with Crippen LogP contribution in [-0.2, 0) is 11.3 Å². The number of hydrogen-bond acceptors (Lipinski definition) is 2. The van der Waals surface area contributed by atoms with Gasteiger partial charge in [0.15, 0.2) is 0 Å². The summed E-state index contributed by atoms with van der Waals surface area (Å²) in [6.07, 6.45) is 1.54. The summed E-state index contributed by atoms with van der Waals surface area (Å²) in [5.74, 6) is -0.509. The van der Waals surface area contributed by atoms with Gasteiger partial charge < -0.3 is 15.3 Å². The molecule has 1 saturated carbocycles. The molecule has 1 aromatic rings. The van der Waals surface area contributed by atoms with Gasteiger partial charge >= 0.3 is 12.0 Å². The molecule has 1 aromatic carbocycles. The van der Waals surface area contributed by atoms with Crippen LogP contribution >= 0.6 is 0 Å². The maximum absolute atomic E-state index is 12.1. The van der Waals surface area contributed by atoms with Crippen LogP contribution in [-0.4, -0.2) is 34.1 Å². The van der Waals surface area contributed by atoms with Crippen LogP contribution in [0.25, 0.3) is 0 Å². The third-order valence-corrected chi connectivity index (χ3v) is 3.91. The Morgan fingerprint density at radius 3 is 2.68 bits per heavy atom. The number of carbonyl (C=O) groups is 2. The molecule has 5 heteroatoms. The van der Waals surface area contributed by atoms with Crippen molar-refractivity contribution in [2.75, 3.05) is 0 Å². The second kappa shape index (κ2) is 4.57. The van der Waals surface area contributed by atoms with Crippen molar-refractivity contribution in [1.29, 1.82) is 0 Å². The molecule has 0 aromatic heterocycles. The molecule has 0 radical (unpaired) electrons. The summed E-state index contributed by atoms with van der Waals surface area (Å²) in [7, 11) is 0. The lowest BCUT2D eigenvalue weighted by Crippen LogP contribution is -2.47. The predicted molar refractivity (Wildman–Crippen MR) is 68.5 cm³/mol. The SMILES string of the molecule is O=C(O)[C@@H]1CC2CC2N1C(=O)NCc1ccccc1. The fraction of sp³-hybridized carbons (Fsp3) is 0.429. The first kappa shape index (κ1) is 12.0. The summed E-state index contributed by atoms with van der Waals surface area (Å²) in [6, 6.07) is 8.82. The molecular weight excluding hydrogens is 244 g/mol. The topological polar surface area (TPSA) is 69.6 Å². The average molecular weight is 260 g/mol. The fourth-order valence-electron chi connectivity index (χ4n) is 2.83. The van der Waals surface area contributed by atoms with Crippen molar-refractivity contribution in [2.24, 2.45) is 5.92 Å². The predicted octanol–water partition coefficient (Wildman–Crippen LogP) is 1.44. The smallest absolute Gasteiger partial charge is 0.326 e. The van der Waals surface area contributed by atoms with E-state index in [9.17, 15) is 9.59 Å². The molecule has 2 N–H and O–H groups in total. The highest BCUT2D eigenvalue weighted by atomic mass is 16.4. The van der Waals surface area contributed by atoms with E-state index in [2.05, 4.69) is 5.32 Å². The molecule has 3 atom stereocenters. The molecule has 5 nitrogen and oxygen atoms in total. The van der Waals surface area contributed by atoms with Crippen LogP contribution in [0.4, 0.5) is 4.79 Å².